The molecule has 0 radical (unpaired) electrons. The minimum Gasteiger partial charge on any atom is -0.550 e. The molecule has 7 nitrogen and oxygen atoms in total. The second-order valence-corrected chi connectivity index (χ2v) is 5.95. The lowest BCUT2D eigenvalue weighted by Gasteiger charge is -2.29. The Balaban J connectivity index is 2.26. The molecule has 0 saturated carbocycles. The molecule has 0 saturated heterocycles. The number of nitrogens with one attached hydrogen (secondary N) is 1. The van der Waals surface area contributed by atoms with Crippen LogP contribution in [0.25, 0.3) is 0 Å². The predicted molar refractivity (Wildman–Crippen MR) is 81.9 cm³/mol. The van der Waals surface area contributed by atoms with Crippen LogP contribution in [0, 0.1) is 22.0 Å². The SMILES string of the molecule is O=C([O-])[C@@H]1CC=C(Cl)C[C@H]1C(=O)Nc1ccc(Cl)cc1[N+](=O)[O-]. The van der Waals surface area contributed by atoms with E-state index in [9.17, 15) is 24.8 Å². The summed E-state index contributed by atoms with van der Waals surface area (Å²) in [5, 5.41) is 25.1. The third-order valence-electron chi connectivity index (χ3n) is 3.55. The number of allylic oxidation sites excluding steroid dienone is 2. The van der Waals surface area contributed by atoms with Crippen molar-refractivity contribution in [3.05, 3.63) is 44.4 Å². The van der Waals surface area contributed by atoms with Gasteiger partial charge in [0.1, 0.15) is 5.69 Å². The second-order valence-electron chi connectivity index (χ2n) is 5.03. The molecule has 1 aliphatic carbocycles. The quantitative estimate of drug-likeness (QED) is 0.654. The maximum absolute atomic E-state index is 12.3. The van der Waals surface area contributed by atoms with Crippen LogP contribution in [0.1, 0.15) is 12.8 Å². The average Bonchev–Trinajstić information content (AvgIpc) is 2.48. The summed E-state index contributed by atoms with van der Waals surface area (Å²) in [7, 11) is 0. The Morgan fingerprint density at radius 1 is 1.26 bits per heavy atom. The normalized spacial score (nSPS) is 20.5. The summed E-state index contributed by atoms with van der Waals surface area (Å²) in [6.45, 7) is 0. The first-order valence-electron chi connectivity index (χ1n) is 6.59. The molecule has 0 fully saturated rings. The maximum Gasteiger partial charge on any atom is 0.294 e. The highest BCUT2D eigenvalue weighted by molar-refractivity contribution is 6.31. The van der Waals surface area contributed by atoms with Crippen LogP contribution >= 0.6 is 23.2 Å². The molecule has 2 rings (SSSR count). The second kappa shape index (κ2) is 6.97. The molecular formula is C14H11Cl2N2O5-. The molecule has 122 valence electrons. The van der Waals surface area contributed by atoms with Gasteiger partial charge in [-0.2, -0.15) is 0 Å². The van der Waals surface area contributed by atoms with Gasteiger partial charge in [-0.15, -0.1) is 0 Å². The zero-order chi connectivity index (χ0) is 17.1. The number of hydrogen-bond acceptors (Lipinski definition) is 5. The number of hydrogen-bond donors (Lipinski definition) is 1. The van der Waals surface area contributed by atoms with Crippen LogP contribution in [0.3, 0.4) is 0 Å². The van der Waals surface area contributed by atoms with E-state index in [4.69, 9.17) is 23.2 Å². The third-order valence-corrected chi connectivity index (χ3v) is 4.09. The Labute approximate surface area is 141 Å². The van der Waals surface area contributed by atoms with E-state index >= 15 is 0 Å². The van der Waals surface area contributed by atoms with E-state index in [1.165, 1.54) is 18.2 Å². The van der Waals surface area contributed by atoms with Crippen LogP contribution in [0.4, 0.5) is 11.4 Å². The van der Waals surface area contributed by atoms with Gasteiger partial charge in [0.25, 0.3) is 5.69 Å². The van der Waals surface area contributed by atoms with Crippen molar-refractivity contribution in [3.8, 4) is 0 Å². The summed E-state index contributed by atoms with van der Waals surface area (Å²) in [5.41, 5.74) is -0.444. The number of nitrogens with zero attached hydrogens (tertiary/aromatic N) is 1. The lowest BCUT2D eigenvalue weighted by Crippen LogP contribution is -2.42. The highest BCUT2D eigenvalue weighted by atomic mass is 35.5. The number of aliphatic carboxylic acids is 1. The Morgan fingerprint density at radius 3 is 2.57 bits per heavy atom. The van der Waals surface area contributed by atoms with Gasteiger partial charge in [-0.25, -0.2) is 0 Å². The van der Waals surface area contributed by atoms with Crippen molar-refractivity contribution >= 4 is 46.5 Å². The number of nitro benzene ring substituents is 1. The smallest absolute Gasteiger partial charge is 0.294 e. The Bertz CT molecular complexity index is 704. The van der Waals surface area contributed by atoms with Crippen LogP contribution in [0.2, 0.25) is 5.02 Å². The van der Waals surface area contributed by atoms with E-state index in [1.54, 1.807) is 0 Å². The van der Waals surface area contributed by atoms with E-state index in [2.05, 4.69) is 5.32 Å². The van der Waals surface area contributed by atoms with Crippen LogP contribution < -0.4 is 10.4 Å². The highest BCUT2D eigenvalue weighted by Crippen LogP contribution is 2.34. The number of amides is 1. The number of carbonyl (C=O) groups is 2. The first kappa shape index (κ1) is 17.2. The van der Waals surface area contributed by atoms with Crippen LogP contribution in [0.5, 0.6) is 0 Å². The first-order valence-corrected chi connectivity index (χ1v) is 7.35. The van der Waals surface area contributed by atoms with Crippen LogP contribution in [-0.2, 0) is 9.59 Å². The van der Waals surface area contributed by atoms with Crippen molar-refractivity contribution in [2.45, 2.75) is 12.8 Å². The maximum atomic E-state index is 12.3. The number of carboxylic acid groups (broad SMARTS) is 1. The Kier molecular flexibility index (Phi) is 5.23. The van der Waals surface area contributed by atoms with Gasteiger partial charge in [0.05, 0.1) is 10.8 Å². The minimum atomic E-state index is -1.36. The fourth-order valence-electron chi connectivity index (χ4n) is 2.38. The molecule has 1 aromatic rings. The molecule has 1 amide bonds. The topological polar surface area (TPSA) is 112 Å². The van der Waals surface area contributed by atoms with Crippen LogP contribution in [-0.4, -0.2) is 16.8 Å². The Morgan fingerprint density at radius 2 is 1.96 bits per heavy atom. The van der Waals surface area contributed by atoms with Crippen molar-refractivity contribution in [2.24, 2.45) is 11.8 Å². The van der Waals surface area contributed by atoms with Gasteiger partial charge in [0, 0.05) is 28.0 Å². The zero-order valence-corrected chi connectivity index (χ0v) is 13.1. The summed E-state index contributed by atoms with van der Waals surface area (Å²) < 4.78 is 0. The van der Waals surface area contributed by atoms with Gasteiger partial charge < -0.3 is 15.2 Å². The van der Waals surface area contributed by atoms with Gasteiger partial charge >= 0.3 is 0 Å². The number of benzene rings is 1. The number of carboxylic acids is 1. The van der Waals surface area contributed by atoms with Crippen LogP contribution in [0.15, 0.2) is 29.3 Å². The van der Waals surface area contributed by atoms with Gasteiger partial charge in [0.15, 0.2) is 0 Å². The van der Waals surface area contributed by atoms with Gasteiger partial charge in [0.2, 0.25) is 5.91 Å². The Hall–Kier alpha value is -2.12. The standard InChI is InChI=1S/C14H12Cl2N2O5/c15-7-1-3-9(14(20)21)10(5-7)13(19)17-11-4-2-8(16)6-12(11)18(22)23/h1-2,4,6,9-10H,3,5H2,(H,17,19)(H,20,21)/p-1/t9-,10-/m1/s1. The molecular weight excluding hydrogens is 347 g/mol. The summed E-state index contributed by atoms with van der Waals surface area (Å²) >= 11 is 11.6. The molecule has 0 unspecified atom stereocenters. The highest BCUT2D eigenvalue weighted by Gasteiger charge is 2.33. The molecule has 0 heterocycles. The molecule has 9 heteroatoms. The van der Waals surface area contributed by atoms with E-state index in [1.807, 2.05) is 0 Å². The number of halogens is 2. The number of rotatable bonds is 4. The van der Waals surface area contributed by atoms with E-state index in [0.717, 1.165) is 6.07 Å². The molecule has 0 aromatic heterocycles. The lowest BCUT2D eigenvalue weighted by atomic mass is 9.82. The van der Waals surface area contributed by atoms with E-state index < -0.39 is 28.6 Å². The number of anilines is 1. The van der Waals surface area contributed by atoms with E-state index in [0.29, 0.717) is 5.03 Å². The molecule has 23 heavy (non-hydrogen) atoms. The average molecular weight is 358 g/mol. The molecule has 0 spiro atoms. The lowest BCUT2D eigenvalue weighted by molar-refractivity contribution is -0.383. The third kappa shape index (κ3) is 4.00. The van der Waals surface area contributed by atoms with Crippen molar-refractivity contribution < 1.29 is 19.6 Å². The molecule has 0 bridgehead atoms. The summed E-state index contributed by atoms with van der Waals surface area (Å²) in [6, 6.07) is 3.77. The van der Waals surface area contributed by atoms with Gasteiger partial charge in [-0.3, -0.25) is 14.9 Å². The minimum absolute atomic E-state index is 0.0351. The van der Waals surface area contributed by atoms with Gasteiger partial charge in [-0.1, -0.05) is 29.3 Å². The zero-order valence-electron chi connectivity index (χ0n) is 11.6. The fraction of sp³-hybridized carbons (Fsp3) is 0.286. The summed E-state index contributed by atoms with van der Waals surface area (Å²) in [4.78, 5) is 33.8. The molecule has 2 atom stereocenters. The molecule has 1 aliphatic rings. The summed E-state index contributed by atoms with van der Waals surface area (Å²) in [5.74, 6) is -4.04. The fourth-order valence-corrected chi connectivity index (χ4v) is 2.80. The van der Waals surface area contributed by atoms with Crippen molar-refractivity contribution in [2.75, 3.05) is 5.32 Å². The monoisotopic (exact) mass is 357 g/mol. The number of carbonyl (C=O) groups excluding carboxylic acids is 2. The van der Waals surface area contributed by atoms with Crippen molar-refractivity contribution in [1.82, 2.24) is 0 Å². The molecule has 1 N–H and O–H groups in total. The van der Waals surface area contributed by atoms with Crippen molar-refractivity contribution in [1.29, 1.82) is 0 Å². The predicted octanol–water partition coefficient (Wildman–Crippen LogP) is 2.09. The van der Waals surface area contributed by atoms with Gasteiger partial charge in [-0.05, 0) is 25.0 Å². The molecule has 1 aromatic carbocycles. The number of nitro groups is 1. The van der Waals surface area contributed by atoms with Crippen molar-refractivity contribution in [3.63, 3.8) is 0 Å². The largest absolute Gasteiger partial charge is 0.550 e. The molecule has 0 aliphatic heterocycles. The summed E-state index contributed by atoms with van der Waals surface area (Å²) in [6.07, 6.45) is 1.63. The van der Waals surface area contributed by atoms with E-state index in [-0.39, 0.29) is 29.2 Å². The first-order chi connectivity index (χ1) is 10.8.